The van der Waals surface area contributed by atoms with E-state index in [1.54, 1.807) is 0 Å². The molecule has 0 aliphatic heterocycles. The molecule has 4 heteroatoms. The fourth-order valence-corrected chi connectivity index (χ4v) is 2.08. The quantitative estimate of drug-likeness (QED) is 0.403. The van der Waals surface area contributed by atoms with Gasteiger partial charge >= 0.3 is 0 Å². The monoisotopic (exact) mass is 416 g/mol. The van der Waals surface area contributed by atoms with E-state index in [1.807, 2.05) is 25.1 Å². The van der Waals surface area contributed by atoms with Crippen molar-refractivity contribution in [2.45, 2.75) is 11.8 Å². The molecule has 0 N–H and O–H groups in total. The first kappa shape index (κ1) is 11.7. The molecule has 1 atom stereocenters. The molecule has 0 fully saturated rings. The van der Waals surface area contributed by atoms with Crippen LogP contribution in [0.15, 0.2) is 22.7 Å². The molecule has 1 aromatic carbocycles. The lowest BCUT2D eigenvalue weighted by Crippen LogP contribution is -2.10. The zero-order valence-electron chi connectivity index (χ0n) is 6.85. The predicted molar refractivity (Wildman–Crippen MR) is 69.6 cm³/mol. The number of hydrogen-bond donors (Lipinski definition) is 0. The fourth-order valence-electron chi connectivity index (χ4n) is 0.901. The lowest BCUT2D eigenvalue weighted by atomic mass is 10.1. The zero-order chi connectivity index (χ0) is 10.0. The number of halogens is 3. The summed E-state index contributed by atoms with van der Waals surface area (Å²) in [6.45, 7) is 1.83. The molecule has 13 heavy (non-hydrogen) atoms. The summed E-state index contributed by atoms with van der Waals surface area (Å²) in [6, 6.07) is 5.73. The van der Waals surface area contributed by atoms with Gasteiger partial charge in [-0.3, -0.25) is 4.79 Å². The van der Waals surface area contributed by atoms with Gasteiger partial charge in [-0.15, -0.1) is 0 Å². The third kappa shape index (κ3) is 3.02. The molecule has 0 aromatic heterocycles. The van der Waals surface area contributed by atoms with Crippen LogP contribution in [0.3, 0.4) is 0 Å². The summed E-state index contributed by atoms with van der Waals surface area (Å²) in [5, 5.41) is 0. The van der Waals surface area contributed by atoms with Gasteiger partial charge in [0.2, 0.25) is 0 Å². The second kappa shape index (κ2) is 4.89. The Morgan fingerprint density at radius 3 is 2.69 bits per heavy atom. The molecule has 0 aliphatic carbocycles. The van der Waals surface area contributed by atoms with Gasteiger partial charge in [-0.2, -0.15) is 0 Å². The molecule has 0 radical (unpaired) electrons. The Kier molecular flexibility index (Phi) is 4.38. The average Bonchev–Trinajstić information content (AvgIpc) is 2.08. The summed E-state index contributed by atoms with van der Waals surface area (Å²) in [4.78, 5) is 11.5. The number of Topliss-reactive ketones (excluding diaryl/α,β-unsaturated/α-hetero) is 1. The van der Waals surface area contributed by atoms with Gasteiger partial charge in [0.1, 0.15) is 0 Å². The Labute approximate surface area is 108 Å². The minimum Gasteiger partial charge on any atom is -0.293 e. The van der Waals surface area contributed by atoms with E-state index in [2.05, 4.69) is 54.5 Å². The summed E-state index contributed by atoms with van der Waals surface area (Å²) in [5.74, 6) is 0.102. The van der Waals surface area contributed by atoms with E-state index < -0.39 is 0 Å². The van der Waals surface area contributed by atoms with Crippen LogP contribution >= 0.6 is 54.5 Å². The van der Waals surface area contributed by atoms with Crippen molar-refractivity contribution >= 4 is 60.2 Å². The maximum absolute atomic E-state index is 11.6. The van der Waals surface area contributed by atoms with Crippen LogP contribution in [0.4, 0.5) is 0 Å². The highest BCUT2D eigenvalue weighted by molar-refractivity contribution is 14.1. The first-order valence-electron chi connectivity index (χ1n) is 3.65. The van der Waals surface area contributed by atoms with Crippen LogP contribution in [0.1, 0.15) is 17.3 Å². The number of ketones is 1. The molecule has 70 valence electrons. The highest BCUT2D eigenvalue weighted by atomic mass is 127. The number of benzene rings is 1. The molecule has 0 saturated heterocycles. The van der Waals surface area contributed by atoms with Gasteiger partial charge < -0.3 is 0 Å². The molecule has 1 aromatic rings. The van der Waals surface area contributed by atoms with Gasteiger partial charge in [-0.25, -0.2) is 0 Å². The molecular formula is C9H7Br2IO. The van der Waals surface area contributed by atoms with Crippen molar-refractivity contribution in [1.82, 2.24) is 0 Å². The number of carbonyl (C=O) groups is 1. The molecular weight excluding hydrogens is 411 g/mol. The van der Waals surface area contributed by atoms with Crippen molar-refractivity contribution in [2.75, 3.05) is 0 Å². The Morgan fingerprint density at radius 2 is 2.15 bits per heavy atom. The van der Waals surface area contributed by atoms with Crippen molar-refractivity contribution in [3.05, 3.63) is 31.8 Å². The van der Waals surface area contributed by atoms with Crippen molar-refractivity contribution < 1.29 is 4.79 Å². The summed E-state index contributed by atoms with van der Waals surface area (Å²) in [7, 11) is 0. The van der Waals surface area contributed by atoms with Gasteiger partial charge in [0.15, 0.2) is 5.78 Å². The zero-order valence-corrected chi connectivity index (χ0v) is 12.2. The Balaban J connectivity index is 3.13. The molecule has 1 rings (SSSR count). The van der Waals surface area contributed by atoms with E-state index in [9.17, 15) is 4.79 Å². The van der Waals surface area contributed by atoms with Gasteiger partial charge in [-0.1, -0.05) is 31.9 Å². The van der Waals surface area contributed by atoms with Crippen LogP contribution < -0.4 is 0 Å². The molecule has 0 spiro atoms. The van der Waals surface area contributed by atoms with Crippen LogP contribution in [0.25, 0.3) is 0 Å². The highest BCUT2D eigenvalue weighted by Gasteiger charge is 2.14. The minimum atomic E-state index is -0.137. The molecule has 0 saturated carbocycles. The largest absolute Gasteiger partial charge is 0.293 e. The van der Waals surface area contributed by atoms with E-state index in [4.69, 9.17) is 0 Å². The smallest absolute Gasteiger partial charge is 0.177 e. The number of alkyl halides is 1. The van der Waals surface area contributed by atoms with E-state index in [1.165, 1.54) is 0 Å². The number of carbonyl (C=O) groups excluding carboxylic acids is 1. The molecule has 0 heterocycles. The SMILES string of the molecule is CC(Br)C(=O)c1cc(I)ccc1Br. The summed E-state index contributed by atoms with van der Waals surface area (Å²) < 4.78 is 1.92. The maximum atomic E-state index is 11.6. The lowest BCUT2D eigenvalue weighted by Gasteiger charge is -2.05. The van der Waals surface area contributed by atoms with Crippen LogP contribution in [-0.4, -0.2) is 10.6 Å². The van der Waals surface area contributed by atoms with E-state index >= 15 is 0 Å². The third-order valence-electron chi connectivity index (χ3n) is 1.56. The second-order valence-corrected chi connectivity index (χ2v) is 6.08. The molecule has 0 bridgehead atoms. The van der Waals surface area contributed by atoms with Crippen molar-refractivity contribution in [3.63, 3.8) is 0 Å². The van der Waals surface area contributed by atoms with E-state index in [0.29, 0.717) is 0 Å². The first-order chi connectivity index (χ1) is 6.02. The molecule has 1 unspecified atom stereocenters. The number of rotatable bonds is 2. The van der Waals surface area contributed by atoms with E-state index in [-0.39, 0.29) is 10.6 Å². The molecule has 1 nitrogen and oxygen atoms in total. The predicted octanol–water partition coefficient (Wildman–Crippen LogP) is 4.02. The molecule has 0 aliphatic rings. The van der Waals surface area contributed by atoms with Crippen LogP contribution in [-0.2, 0) is 0 Å². The molecule has 0 amide bonds. The van der Waals surface area contributed by atoms with Gasteiger partial charge in [-0.05, 0) is 47.7 Å². The van der Waals surface area contributed by atoms with Crippen molar-refractivity contribution in [2.24, 2.45) is 0 Å². The van der Waals surface area contributed by atoms with Gasteiger partial charge in [0.05, 0.1) is 4.83 Å². The van der Waals surface area contributed by atoms with E-state index in [0.717, 1.165) is 13.6 Å². The van der Waals surface area contributed by atoms with Gasteiger partial charge in [0.25, 0.3) is 0 Å². The van der Waals surface area contributed by atoms with Crippen molar-refractivity contribution in [1.29, 1.82) is 0 Å². The van der Waals surface area contributed by atoms with Crippen LogP contribution in [0, 0.1) is 3.57 Å². The summed E-state index contributed by atoms with van der Waals surface area (Å²) >= 11 is 8.81. The summed E-state index contributed by atoms with van der Waals surface area (Å²) in [5.41, 5.74) is 0.733. The maximum Gasteiger partial charge on any atom is 0.177 e. The average molecular weight is 418 g/mol. The Bertz CT molecular complexity index is 336. The van der Waals surface area contributed by atoms with Crippen LogP contribution in [0.5, 0.6) is 0 Å². The lowest BCUT2D eigenvalue weighted by molar-refractivity contribution is 0.0995. The van der Waals surface area contributed by atoms with Gasteiger partial charge in [0, 0.05) is 13.6 Å². The summed E-state index contributed by atoms with van der Waals surface area (Å²) in [6.07, 6.45) is 0. The number of hydrogen-bond acceptors (Lipinski definition) is 1. The Hall–Kier alpha value is 0.580. The third-order valence-corrected chi connectivity index (χ3v) is 3.33. The Morgan fingerprint density at radius 1 is 1.54 bits per heavy atom. The minimum absolute atomic E-state index is 0.102. The fraction of sp³-hybridized carbons (Fsp3) is 0.222. The van der Waals surface area contributed by atoms with Crippen LogP contribution in [0.2, 0.25) is 0 Å². The standard InChI is InChI=1S/C9H7Br2IO/c1-5(10)9(13)7-4-6(12)2-3-8(7)11/h2-5H,1H3. The highest BCUT2D eigenvalue weighted by Crippen LogP contribution is 2.22. The second-order valence-electron chi connectivity index (χ2n) is 2.60. The normalized spacial score (nSPS) is 12.6. The van der Waals surface area contributed by atoms with Crippen molar-refractivity contribution in [3.8, 4) is 0 Å². The topological polar surface area (TPSA) is 17.1 Å². The first-order valence-corrected chi connectivity index (χ1v) is 6.44.